The van der Waals surface area contributed by atoms with Gasteiger partial charge in [-0.3, -0.25) is 10.1 Å². The first-order valence-corrected chi connectivity index (χ1v) is 6.82. The molecule has 0 aromatic carbocycles. The van der Waals surface area contributed by atoms with Gasteiger partial charge < -0.3 is 10.2 Å². The van der Waals surface area contributed by atoms with Crippen molar-refractivity contribution in [1.29, 1.82) is 0 Å². The Balaban J connectivity index is 2.01. The first-order valence-electron chi connectivity index (χ1n) is 6.00. The standard InChI is InChI=1S/C11H13N5O2S/c1-12-7-2-3-15(5-7)10-8-4-9(16(17)18)19-11(8)14-6-13-10/h4,6-7,12H,2-3,5H2,1H3. The summed E-state index contributed by atoms with van der Waals surface area (Å²) in [6.45, 7) is 1.77. The Hall–Kier alpha value is -1.80. The topological polar surface area (TPSA) is 84.2 Å². The van der Waals surface area contributed by atoms with Gasteiger partial charge in [0, 0.05) is 25.2 Å². The molecule has 100 valence electrons. The van der Waals surface area contributed by atoms with Crippen LogP contribution in [-0.2, 0) is 0 Å². The predicted molar refractivity (Wildman–Crippen MR) is 73.7 cm³/mol. The van der Waals surface area contributed by atoms with Gasteiger partial charge in [0.2, 0.25) is 0 Å². The molecule has 3 heterocycles. The van der Waals surface area contributed by atoms with Gasteiger partial charge in [0.1, 0.15) is 17.0 Å². The van der Waals surface area contributed by atoms with Crippen molar-refractivity contribution < 1.29 is 4.92 Å². The van der Waals surface area contributed by atoms with Crippen LogP contribution >= 0.6 is 11.3 Å². The molecule has 0 aliphatic carbocycles. The molecule has 0 radical (unpaired) electrons. The molecule has 2 aromatic rings. The SMILES string of the molecule is CNC1CCN(c2ncnc3sc([N+](=O)[O-])cc23)C1. The fourth-order valence-electron chi connectivity index (χ4n) is 2.36. The second kappa shape index (κ2) is 4.71. The van der Waals surface area contributed by atoms with Crippen LogP contribution in [0, 0.1) is 10.1 Å². The third-order valence-electron chi connectivity index (χ3n) is 3.37. The number of nitrogens with zero attached hydrogens (tertiary/aromatic N) is 4. The Kier molecular flexibility index (Phi) is 3.03. The van der Waals surface area contributed by atoms with Crippen molar-refractivity contribution >= 4 is 32.4 Å². The molecule has 0 spiro atoms. The monoisotopic (exact) mass is 279 g/mol. The highest BCUT2D eigenvalue weighted by molar-refractivity contribution is 7.21. The summed E-state index contributed by atoms with van der Waals surface area (Å²) in [5.41, 5.74) is 0. The number of nitro groups is 1. The molecule has 2 aromatic heterocycles. The quantitative estimate of drug-likeness (QED) is 0.675. The summed E-state index contributed by atoms with van der Waals surface area (Å²) in [4.78, 5) is 21.7. The van der Waals surface area contributed by atoms with Crippen LogP contribution in [0.5, 0.6) is 0 Å². The molecule has 1 aliphatic heterocycles. The second-order valence-corrected chi connectivity index (χ2v) is 5.49. The van der Waals surface area contributed by atoms with E-state index >= 15 is 0 Å². The number of likely N-dealkylation sites (N-methyl/N-ethyl adjacent to an activating group) is 1. The Morgan fingerprint density at radius 2 is 2.42 bits per heavy atom. The van der Waals surface area contributed by atoms with Gasteiger partial charge in [-0.15, -0.1) is 0 Å². The number of nitrogens with one attached hydrogen (secondary N) is 1. The third-order valence-corrected chi connectivity index (χ3v) is 4.37. The van der Waals surface area contributed by atoms with Gasteiger partial charge in [0.25, 0.3) is 0 Å². The van der Waals surface area contributed by atoms with Gasteiger partial charge >= 0.3 is 5.00 Å². The van der Waals surface area contributed by atoms with Crippen LogP contribution in [0.2, 0.25) is 0 Å². The van der Waals surface area contributed by atoms with Crippen molar-refractivity contribution in [2.45, 2.75) is 12.5 Å². The van der Waals surface area contributed by atoms with Crippen molar-refractivity contribution in [1.82, 2.24) is 15.3 Å². The van der Waals surface area contributed by atoms with Crippen molar-refractivity contribution in [2.75, 3.05) is 25.0 Å². The zero-order valence-corrected chi connectivity index (χ0v) is 11.2. The number of aromatic nitrogens is 2. The molecule has 1 unspecified atom stereocenters. The normalized spacial score (nSPS) is 19.2. The molecule has 3 rings (SSSR count). The minimum absolute atomic E-state index is 0.112. The van der Waals surface area contributed by atoms with Crippen molar-refractivity contribution in [3.63, 3.8) is 0 Å². The lowest BCUT2D eigenvalue weighted by molar-refractivity contribution is -0.380. The summed E-state index contributed by atoms with van der Waals surface area (Å²) in [5.74, 6) is 0.798. The maximum absolute atomic E-state index is 10.8. The average Bonchev–Trinajstić information content (AvgIpc) is 3.04. The molecule has 1 aliphatic rings. The fraction of sp³-hybridized carbons (Fsp3) is 0.455. The number of hydrogen-bond acceptors (Lipinski definition) is 7. The van der Waals surface area contributed by atoms with Crippen LogP contribution in [0.15, 0.2) is 12.4 Å². The lowest BCUT2D eigenvalue weighted by Gasteiger charge is -2.17. The van der Waals surface area contributed by atoms with Gasteiger partial charge in [-0.05, 0) is 24.8 Å². The van der Waals surface area contributed by atoms with Crippen LogP contribution in [-0.4, -0.2) is 41.1 Å². The smallest absolute Gasteiger partial charge is 0.326 e. The van der Waals surface area contributed by atoms with E-state index in [-0.39, 0.29) is 9.92 Å². The Morgan fingerprint density at radius 3 is 3.11 bits per heavy atom. The average molecular weight is 279 g/mol. The Labute approximate surface area is 113 Å². The molecular formula is C11H13N5O2S. The molecular weight excluding hydrogens is 266 g/mol. The van der Waals surface area contributed by atoms with Crippen LogP contribution < -0.4 is 10.2 Å². The van der Waals surface area contributed by atoms with E-state index in [2.05, 4.69) is 20.2 Å². The highest BCUT2D eigenvalue weighted by Gasteiger charge is 2.25. The Morgan fingerprint density at radius 1 is 1.58 bits per heavy atom. The number of rotatable bonds is 3. The van der Waals surface area contributed by atoms with E-state index in [1.54, 1.807) is 6.07 Å². The highest BCUT2D eigenvalue weighted by Crippen LogP contribution is 2.35. The third kappa shape index (κ3) is 2.13. The summed E-state index contributed by atoms with van der Waals surface area (Å²) in [5, 5.41) is 15.0. The number of fused-ring (bicyclic) bond motifs is 1. The Bertz CT molecular complexity index is 629. The van der Waals surface area contributed by atoms with Gasteiger partial charge in [0.15, 0.2) is 0 Å². The lowest BCUT2D eigenvalue weighted by Crippen LogP contribution is -2.29. The van der Waals surface area contributed by atoms with Crippen LogP contribution in [0.1, 0.15) is 6.42 Å². The van der Waals surface area contributed by atoms with E-state index in [0.717, 1.165) is 42.1 Å². The molecule has 7 nitrogen and oxygen atoms in total. The highest BCUT2D eigenvalue weighted by atomic mass is 32.1. The largest absolute Gasteiger partial charge is 0.354 e. The summed E-state index contributed by atoms with van der Waals surface area (Å²) in [6.07, 6.45) is 2.53. The van der Waals surface area contributed by atoms with Gasteiger partial charge in [0.05, 0.1) is 10.3 Å². The maximum atomic E-state index is 10.8. The molecule has 0 amide bonds. The summed E-state index contributed by atoms with van der Waals surface area (Å²) >= 11 is 1.09. The van der Waals surface area contributed by atoms with E-state index < -0.39 is 0 Å². The van der Waals surface area contributed by atoms with E-state index in [0.29, 0.717) is 10.9 Å². The number of thiophene rings is 1. The summed E-state index contributed by atoms with van der Waals surface area (Å²) in [6, 6.07) is 2.01. The minimum Gasteiger partial charge on any atom is -0.354 e. The van der Waals surface area contributed by atoms with Crippen molar-refractivity contribution in [3.8, 4) is 0 Å². The van der Waals surface area contributed by atoms with Gasteiger partial charge in [-0.1, -0.05) is 0 Å². The van der Waals surface area contributed by atoms with Gasteiger partial charge in [-0.2, -0.15) is 0 Å². The first-order chi connectivity index (χ1) is 9.19. The predicted octanol–water partition coefficient (Wildman–Crippen LogP) is 1.40. The first kappa shape index (κ1) is 12.2. The van der Waals surface area contributed by atoms with Crippen LogP contribution in [0.3, 0.4) is 0 Å². The van der Waals surface area contributed by atoms with Gasteiger partial charge in [-0.25, -0.2) is 9.97 Å². The van der Waals surface area contributed by atoms with E-state index in [1.807, 2.05) is 7.05 Å². The maximum Gasteiger partial charge on any atom is 0.326 e. The molecule has 8 heteroatoms. The molecule has 1 saturated heterocycles. The molecule has 19 heavy (non-hydrogen) atoms. The molecule has 1 fully saturated rings. The summed E-state index contributed by atoms with van der Waals surface area (Å²) < 4.78 is 0. The zero-order valence-electron chi connectivity index (χ0n) is 10.4. The molecule has 0 bridgehead atoms. The van der Waals surface area contributed by atoms with E-state index in [9.17, 15) is 10.1 Å². The molecule has 1 atom stereocenters. The van der Waals surface area contributed by atoms with Crippen LogP contribution in [0.25, 0.3) is 10.2 Å². The van der Waals surface area contributed by atoms with Crippen LogP contribution in [0.4, 0.5) is 10.8 Å². The zero-order chi connectivity index (χ0) is 13.4. The molecule has 1 N–H and O–H groups in total. The second-order valence-electron chi connectivity index (χ2n) is 4.48. The lowest BCUT2D eigenvalue weighted by atomic mass is 10.3. The number of anilines is 1. The van der Waals surface area contributed by atoms with Crippen molar-refractivity contribution in [2.24, 2.45) is 0 Å². The number of hydrogen-bond donors (Lipinski definition) is 1. The molecule has 0 saturated carbocycles. The summed E-state index contributed by atoms with van der Waals surface area (Å²) in [7, 11) is 1.94. The van der Waals surface area contributed by atoms with E-state index in [4.69, 9.17) is 0 Å². The van der Waals surface area contributed by atoms with Crippen molar-refractivity contribution in [3.05, 3.63) is 22.5 Å². The fourth-order valence-corrected chi connectivity index (χ4v) is 3.17. The minimum atomic E-state index is -0.378. The van der Waals surface area contributed by atoms with E-state index in [1.165, 1.54) is 6.33 Å².